The molecular weight excluding hydrogens is 305 g/mol. The lowest BCUT2D eigenvalue weighted by atomic mass is 10.1. The number of likely N-dealkylation sites (tertiary alicyclic amines) is 2. The molecule has 1 aromatic rings. The molecule has 0 radical (unpaired) electrons. The number of rotatable bonds is 4. The van der Waals surface area contributed by atoms with Crippen molar-refractivity contribution in [2.75, 3.05) is 26.2 Å². The summed E-state index contributed by atoms with van der Waals surface area (Å²) < 4.78 is 41.6. The van der Waals surface area contributed by atoms with Gasteiger partial charge in [-0.05, 0) is 38.4 Å². The van der Waals surface area contributed by atoms with Gasteiger partial charge in [0.05, 0.1) is 0 Å². The van der Waals surface area contributed by atoms with Crippen LogP contribution in [0.25, 0.3) is 0 Å². The maximum absolute atomic E-state index is 12.5. The van der Waals surface area contributed by atoms with Crippen LogP contribution >= 0.6 is 0 Å². The first-order valence-corrected chi connectivity index (χ1v) is 8.31. The van der Waals surface area contributed by atoms with Crippen LogP contribution in [0.15, 0.2) is 24.3 Å². The van der Waals surface area contributed by atoms with Gasteiger partial charge in [-0.25, -0.2) is 0 Å². The number of benzene rings is 1. The maximum atomic E-state index is 12.5. The quantitative estimate of drug-likeness (QED) is 0.839. The van der Waals surface area contributed by atoms with Crippen LogP contribution in [0.5, 0.6) is 5.75 Å². The molecule has 2 aliphatic rings. The standard InChI is InChI=1S/C17H23F3N2O/c18-17(19,20)23-16-7-3-2-6-14(16)12-21-11-8-15(13-21)22-9-4-1-5-10-22/h2-3,6-7,15H,1,4-5,8-13H2/t15-/m0/s1. The maximum Gasteiger partial charge on any atom is 0.573 e. The highest BCUT2D eigenvalue weighted by Crippen LogP contribution is 2.28. The molecule has 0 N–H and O–H groups in total. The lowest BCUT2D eigenvalue weighted by Gasteiger charge is -2.32. The van der Waals surface area contributed by atoms with Crippen molar-refractivity contribution in [3.05, 3.63) is 29.8 Å². The summed E-state index contributed by atoms with van der Waals surface area (Å²) in [6.07, 6.45) is 0.298. The van der Waals surface area contributed by atoms with Crippen LogP contribution in [0.3, 0.4) is 0 Å². The highest BCUT2D eigenvalue weighted by Gasteiger charge is 2.33. The fourth-order valence-corrected chi connectivity index (χ4v) is 3.64. The van der Waals surface area contributed by atoms with E-state index in [1.165, 1.54) is 25.3 Å². The molecule has 0 aromatic heterocycles. The van der Waals surface area contributed by atoms with Crippen molar-refractivity contribution in [2.45, 2.75) is 44.6 Å². The van der Waals surface area contributed by atoms with E-state index in [1.54, 1.807) is 18.2 Å². The third-order valence-electron chi connectivity index (χ3n) is 4.75. The summed E-state index contributed by atoms with van der Waals surface area (Å²) in [7, 11) is 0. The molecule has 0 aliphatic carbocycles. The Labute approximate surface area is 135 Å². The second-order valence-corrected chi connectivity index (χ2v) is 6.43. The normalized spacial score (nSPS) is 24.0. The third-order valence-corrected chi connectivity index (χ3v) is 4.75. The molecule has 1 atom stereocenters. The van der Waals surface area contributed by atoms with Gasteiger partial charge < -0.3 is 4.74 Å². The minimum absolute atomic E-state index is 0.0820. The van der Waals surface area contributed by atoms with Crippen molar-refractivity contribution in [3.63, 3.8) is 0 Å². The number of para-hydroxylation sites is 1. The first-order valence-electron chi connectivity index (χ1n) is 8.31. The molecule has 6 heteroatoms. The van der Waals surface area contributed by atoms with Crippen LogP contribution in [0.4, 0.5) is 13.2 Å². The molecule has 3 nitrogen and oxygen atoms in total. The fraction of sp³-hybridized carbons (Fsp3) is 0.647. The van der Waals surface area contributed by atoms with Crippen LogP contribution in [-0.2, 0) is 6.54 Å². The van der Waals surface area contributed by atoms with Crippen molar-refractivity contribution in [1.29, 1.82) is 0 Å². The molecule has 1 aromatic carbocycles. The smallest absolute Gasteiger partial charge is 0.405 e. The van der Waals surface area contributed by atoms with Gasteiger partial charge in [0.2, 0.25) is 0 Å². The number of ether oxygens (including phenoxy) is 1. The Morgan fingerprint density at radius 1 is 1.04 bits per heavy atom. The molecule has 0 bridgehead atoms. The zero-order valence-electron chi connectivity index (χ0n) is 13.2. The summed E-state index contributed by atoms with van der Waals surface area (Å²) in [5.41, 5.74) is 0.601. The molecular formula is C17H23F3N2O. The molecule has 0 spiro atoms. The molecule has 0 unspecified atom stereocenters. The van der Waals surface area contributed by atoms with E-state index in [9.17, 15) is 13.2 Å². The Bertz CT molecular complexity index is 515. The predicted molar refractivity (Wildman–Crippen MR) is 82.2 cm³/mol. The molecule has 2 aliphatic heterocycles. The van der Waals surface area contributed by atoms with Crippen LogP contribution < -0.4 is 4.74 Å². The highest BCUT2D eigenvalue weighted by molar-refractivity contribution is 5.33. The summed E-state index contributed by atoms with van der Waals surface area (Å²) >= 11 is 0. The van der Waals surface area contributed by atoms with Gasteiger partial charge in [-0.1, -0.05) is 24.6 Å². The highest BCUT2D eigenvalue weighted by atomic mass is 19.4. The third kappa shape index (κ3) is 4.61. The number of nitrogens with zero attached hydrogens (tertiary/aromatic N) is 2. The van der Waals surface area contributed by atoms with Crippen molar-refractivity contribution in [3.8, 4) is 5.75 Å². The van der Waals surface area contributed by atoms with E-state index in [-0.39, 0.29) is 5.75 Å². The Kier molecular flexibility index (Phi) is 5.11. The molecule has 23 heavy (non-hydrogen) atoms. The van der Waals surface area contributed by atoms with E-state index >= 15 is 0 Å². The van der Waals surface area contributed by atoms with E-state index in [2.05, 4.69) is 14.5 Å². The van der Waals surface area contributed by atoms with Crippen molar-refractivity contribution < 1.29 is 17.9 Å². The van der Waals surface area contributed by atoms with E-state index in [4.69, 9.17) is 0 Å². The largest absolute Gasteiger partial charge is 0.573 e. The summed E-state index contributed by atoms with van der Waals surface area (Å²) in [6.45, 7) is 4.69. The Balaban J connectivity index is 1.60. The lowest BCUT2D eigenvalue weighted by molar-refractivity contribution is -0.275. The molecule has 0 amide bonds. The minimum atomic E-state index is -4.64. The van der Waals surface area contributed by atoms with Crippen LogP contribution in [0, 0.1) is 0 Å². The van der Waals surface area contributed by atoms with E-state index in [0.29, 0.717) is 18.2 Å². The van der Waals surface area contributed by atoms with Gasteiger partial charge in [0.25, 0.3) is 0 Å². The minimum Gasteiger partial charge on any atom is -0.405 e. The molecule has 128 valence electrons. The predicted octanol–water partition coefficient (Wildman–Crippen LogP) is 3.65. The van der Waals surface area contributed by atoms with Gasteiger partial charge in [-0.2, -0.15) is 0 Å². The van der Waals surface area contributed by atoms with Crippen LogP contribution in [0.1, 0.15) is 31.2 Å². The monoisotopic (exact) mass is 328 g/mol. The zero-order valence-corrected chi connectivity index (χ0v) is 13.2. The van der Waals surface area contributed by atoms with Gasteiger partial charge >= 0.3 is 6.36 Å². The molecule has 2 heterocycles. The second-order valence-electron chi connectivity index (χ2n) is 6.43. The Morgan fingerprint density at radius 2 is 1.78 bits per heavy atom. The van der Waals surface area contributed by atoms with Crippen molar-refractivity contribution >= 4 is 0 Å². The Morgan fingerprint density at radius 3 is 2.52 bits per heavy atom. The SMILES string of the molecule is FC(F)(F)Oc1ccccc1CN1CC[C@H](N2CCCCC2)C1. The number of halogens is 3. The number of alkyl halides is 3. The topological polar surface area (TPSA) is 15.7 Å². The molecule has 3 rings (SSSR count). The number of hydrogen-bond acceptors (Lipinski definition) is 3. The number of piperidine rings is 1. The van der Waals surface area contributed by atoms with Gasteiger partial charge in [-0.15, -0.1) is 13.2 Å². The summed E-state index contributed by atoms with van der Waals surface area (Å²) in [5.74, 6) is -0.0820. The molecule has 2 fully saturated rings. The summed E-state index contributed by atoms with van der Waals surface area (Å²) in [4.78, 5) is 4.78. The lowest BCUT2D eigenvalue weighted by Crippen LogP contribution is -2.40. The average molecular weight is 328 g/mol. The first-order chi connectivity index (χ1) is 11.0. The fourth-order valence-electron chi connectivity index (χ4n) is 3.64. The molecule has 0 saturated carbocycles. The summed E-state index contributed by atoms with van der Waals surface area (Å²) in [6, 6.07) is 6.99. The average Bonchev–Trinajstić information content (AvgIpc) is 2.97. The summed E-state index contributed by atoms with van der Waals surface area (Å²) in [5, 5.41) is 0. The second kappa shape index (κ2) is 7.09. The van der Waals surface area contributed by atoms with Crippen LogP contribution in [-0.4, -0.2) is 48.4 Å². The van der Waals surface area contributed by atoms with Gasteiger partial charge in [0.15, 0.2) is 0 Å². The van der Waals surface area contributed by atoms with Gasteiger partial charge in [0, 0.05) is 31.2 Å². The molecule has 2 saturated heterocycles. The van der Waals surface area contributed by atoms with Gasteiger partial charge in [-0.3, -0.25) is 9.80 Å². The zero-order chi connectivity index (χ0) is 16.3. The number of hydrogen-bond donors (Lipinski definition) is 0. The first kappa shape index (κ1) is 16.6. The van der Waals surface area contributed by atoms with Crippen LogP contribution in [0.2, 0.25) is 0 Å². The van der Waals surface area contributed by atoms with E-state index < -0.39 is 6.36 Å². The van der Waals surface area contributed by atoms with Crippen molar-refractivity contribution in [2.24, 2.45) is 0 Å². The van der Waals surface area contributed by atoms with Crippen molar-refractivity contribution in [1.82, 2.24) is 9.80 Å². The van der Waals surface area contributed by atoms with E-state index in [0.717, 1.165) is 32.6 Å². The van der Waals surface area contributed by atoms with Gasteiger partial charge in [0.1, 0.15) is 5.75 Å². The Hall–Kier alpha value is -1.27. The van der Waals surface area contributed by atoms with E-state index in [1.807, 2.05) is 0 Å².